The molecule has 2 aliphatic rings. The SMILES string of the molecule is O=C(N[C@@H](Cc1cnc[nH]1)C(=O)N/N=C\c1ccc(Sc2nc3ccc(N4C(=O)[C@@H]5CCCC[C@H]5C4=O)cc3s2)c([N+](=O)[O-])c1)OCc1ccccc1. The van der Waals surface area contributed by atoms with Gasteiger partial charge in [0, 0.05) is 29.9 Å². The summed E-state index contributed by atoms with van der Waals surface area (Å²) >= 11 is 2.42. The first-order chi connectivity index (χ1) is 25.7. The molecule has 5 aromatic rings. The molecule has 0 radical (unpaired) electrons. The summed E-state index contributed by atoms with van der Waals surface area (Å²) in [5, 5.41) is 18.6. The number of H-pyrrole nitrogens is 1. The number of rotatable bonds is 12. The zero-order valence-electron chi connectivity index (χ0n) is 28.0. The molecule has 0 spiro atoms. The number of nitro benzene ring substituents is 1. The number of imide groups is 1. The second kappa shape index (κ2) is 15.7. The van der Waals surface area contributed by atoms with Crippen LogP contribution in [0.15, 0.2) is 93.6 Å². The van der Waals surface area contributed by atoms with Crippen molar-refractivity contribution in [2.24, 2.45) is 16.9 Å². The summed E-state index contributed by atoms with van der Waals surface area (Å²) in [6.07, 6.45) is 6.85. The van der Waals surface area contributed by atoms with Crippen molar-refractivity contribution in [3.63, 3.8) is 0 Å². The van der Waals surface area contributed by atoms with Gasteiger partial charge in [-0.25, -0.2) is 20.2 Å². The number of alkyl carbamates (subject to hydrolysis) is 1. The number of fused-ring (bicyclic) bond motifs is 2. The summed E-state index contributed by atoms with van der Waals surface area (Å²) < 4.78 is 6.55. The number of amides is 4. The van der Waals surface area contributed by atoms with Crippen molar-refractivity contribution in [1.82, 2.24) is 25.7 Å². The molecule has 0 unspecified atom stereocenters. The van der Waals surface area contributed by atoms with E-state index in [1.807, 2.05) is 18.2 Å². The number of nitrogens with one attached hydrogen (secondary N) is 3. The molecule has 17 heteroatoms. The molecule has 2 fully saturated rings. The zero-order chi connectivity index (χ0) is 36.9. The third kappa shape index (κ3) is 8.10. The highest BCUT2D eigenvalue weighted by molar-refractivity contribution is 8.01. The van der Waals surface area contributed by atoms with Gasteiger partial charge in [-0.05, 0) is 42.7 Å². The molecule has 2 aromatic heterocycles. The van der Waals surface area contributed by atoms with Crippen molar-refractivity contribution in [2.45, 2.75) is 54.0 Å². The maximum absolute atomic E-state index is 13.1. The Bertz CT molecular complexity index is 2190. The Morgan fingerprint density at radius 3 is 2.58 bits per heavy atom. The van der Waals surface area contributed by atoms with Crippen LogP contribution in [0.25, 0.3) is 10.2 Å². The standard InChI is InChI=1S/C36H32N8O7S2/c45-32(28(15-23-18-37-20-38-23)40-35(48)51-19-21-6-2-1-3-7-21)42-39-17-22-10-13-30(29(14-22)44(49)50)52-36-41-27-12-11-24(16-31(27)53-36)43-33(46)25-8-4-5-9-26(25)34(43)47/h1-3,6-7,10-14,16-18,20,25-26,28H,4-5,8-9,15,19H2,(H,37,38)(H,40,48)(H,42,45)/b39-17-/t25-,26-,28+/m1/s1. The number of thiazole rings is 1. The number of aromatic amines is 1. The van der Waals surface area contributed by atoms with E-state index in [2.05, 4.69) is 30.8 Å². The largest absolute Gasteiger partial charge is 0.445 e. The highest BCUT2D eigenvalue weighted by atomic mass is 32.2. The lowest BCUT2D eigenvalue weighted by molar-refractivity contribution is -0.387. The first-order valence-electron chi connectivity index (χ1n) is 16.8. The summed E-state index contributed by atoms with van der Waals surface area (Å²) in [5.74, 6) is -1.47. The monoisotopic (exact) mass is 752 g/mol. The molecular formula is C36H32N8O7S2. The lowest BCUT2D eigenvalue weighted by atomic mass is 9.81. The number of anilines is 1. The first kappa shape index (κ1) is 35.5. The quantitative estimate of drug-likeness (QED) is 0.0610. The Kier molecular flexibility index (Phi) is 10.5. The summed E-state index contributed by atoms with van der Waals surface area (Å²) in [6, 6.07) is 17.8. The third-order valence-electron chi connectivity index (χ3n) is 9.02. The Morgan fingerprint density at radius 2 is 1.87 bits per heavy atom. The normalized spacial score (nSPS) is 17.5. The van der Waals surface area contributed by atoms with E-state index >= 15 is 0 Å². The number of hydrogen-bond acceptors (Lipinski definition) is 12. The van der Waals surface area contributed by atoms with Crippen LogP contribution in [0.3, 0.4) is 0 Å². The second-order valence-corrected chi connectivity index (χ2v) is 14.8. The molecular weight excluding hydrogens is 721 g/mol. The van der Waals surface area contributed by atoms with Crippen molar-refractivity contribution >= 4 is 74.7 Å². The van der Waals surface area contributed by atoms with E-state index in [-0.39, 0.29) is 42.4 Å². The molecule has 3 atom stereocenters. The van der Waals surface area contributed by atoms with E-state index in [1.165, 1.54) is 41.0 Å². The van der Waals surface area contributed by atoms with Gasteiger partial charge in [-0.3, -0.25) is 29.4 Å². The summed E-state index contributed by atoms with van der Waals surface area (Å²) in [5.41, 5.74) is 5.05. The van der Waals surface area contributed by atoms with Crippen molar-refractivity contribution < 1.29 is 28.8 Å². The minimum atomic E-state index is -1.07. The van der Waals surface area contributed by atoms with E-state index in [0.717, 1.165) is 47.7 Å². The minimum Gasteiger partial charge on any atom is -0.445 e. The van der Waals surface area contributed by atoms with Crippen LogP contribution in [0, 0.1) is 22.0 Å². The Labute approximate surface area is 310 Å². The fraction of sp³-hybridized carbons (Fsp3) is 0.250. The van der Waals surface area contributed by atoms with Gasteiger partial charge in [-0.1, -0.05) is 61.0 Å². The van der Waals surface area contributed by atoms with Crippen LogP contribution in [-0.2, 0) is 32.1 Å². The van der Waals surface area contributed by atoms with Gasteiger partial charge in [0.2, 0.25) is 11.8 Å². The molecule has 0 bridgehead atoms. The van der Waals surface area contributed by atoms with Gasteiger partial charge in [0.25, 0.3) is 11.6 Å². The highest BCUT2D eigenvalue weighted by Gasteiger charge is 2.48. The van der Waals surface area contributed by atoms with Crippen LogP contribution < -0.4 is 15.6 Å². The van der Waals surface area contributed by atoms with Gasteiger partial charge >= 0.3 is 6.09 Å². The van der Waals surface area contributed by atoms with Crippen molar-refractivity contribution in [2.75, 3.05) is 4.90 Å². The van der Waals surface area contributed by atoms with E-state index in [4.69, 9.17) is 4.74 Å². The lowest BCUT2D eigenvalue weighted by Gasteiger charge is -2.19. The van der Waals surface area contributed by atoms with Gasteiger partial charge in [-0.2, -0.15) is 5.10 Å². The molecule has 7 rings (SSSR count). The van der Waals surface area contributed by atoms with Gasteiger partial charge in [-0.15, -0.1) is 11.3 Å². The first-order valence-corrected chi connectivity index (χ1v) is 18.4. The average Bonchev–Trinajstić information content (AvgIpc) is 3.89. The summed E-state index contributed by atoms with van der Waals surface area (Å²) in [6.45, 7) is 0.0138. The minimum absolute atomic E-state index is 0.0138. The van der Waals surface area contributed by atoms with Crippen molar-refractivity contribution in [1.29, 1.82) is 0 Å². The number of nitro groups is 1. The Balaban J connectivity index is 1.01. The highest BCUT2D eigenvalue weighted by Crippen LogP contribution is 2.43. The van der Waals surface area contributed by atoms with Crippen LogP contribution in [0.1, 0.15) is 42.5 Å². The van der Waals surface area contributed by atoms with E-state index in [1.54, 1.807) is 42.5 Å². The van der Waals surface area contributed by atoms with E-state index < -0.39 is 23.0 Å². The molecule has 53 heavy (non-hydrogen) atoms. The van der Waals surface area contributed by atoms with Crippen LogP contribution >= 0.6 is 23.1 Å². The van der Waals surface area contributed by atoms with Crippen molar-refractivity contribution in [3.8, 4) is 0 Å². The molecule has 270 valence electrons. The van der Waals surface area contributed by atoms with Crippen molar-refractivity contribution in [3.05, 3.63) is 106 Å². The fourth-order valence-corrected chi connectivity index (χ4v) is 8.55. The van der Waals surface area contributed by atoms with Crippen LogP contribution in [0.4, 0.5) is 16.2 Å². The molecule has 4 amide bonds. The molecule has 1 aliphatic carbocycles. The molecule has 3 heterocycles. The molecule has 1 aliphatic heterocycles. The van der Waals surface area contributed by atoms with Crippen LogP contribution in [0.2, 0.25) is 0 Å². The number of imidazole rings is 1. The second-order valence-electron chi connectivity index (χ2n) is 12.5. The fourth-order valence-electron chi connectivity index (χ4n) is 6.41. The number of carbonyl (C=O) groups is 4. The summed E-state index contributed by atoms with van der Waals surface area (Å²) in [7, 11) is 0. The average molecular weight is 753 g/mol. The number of hydrogen-bond donors (Lipinski definition) is 3. The molecule has 15 nitrogen and oxygen atoms in total. The van der Waals surface area contributed by atoms with E-state index in [9.17, 15) is 29.3 Å². The number of benzene rings is 3. The van der Waals surface area contributed by atoms with Gasteiger partial charge in [0.05, 0.1) is 50.1 Å². The number of hydrazone groups is 1. The molecule has 1 saturated carbocycles. The van der Waals surface area contributed by atoms with Crippen LogP contribution in [-0.4, -0.2) is 55.9 Å². The summed E-state index contributed by atoms with van der Waals surface area (Å²) in [4.78, 5) is 76.5. The number of nitrogens with zero attached hydrogens (tertiary/aromatic N) is 5. The van der Waals surface area contributed by atoms with Crippen LogP contribution in [0.5, 0.6) is 0 Å². The van der Waals surface area contributed by atoms with Gasteiger partial charge < -0.3 is 15.0 Å². The molecule has 3 aromatic carbocycles. The number of carbonyl (C=O) groups excluding carboxylic acids is 4. The Hall–Kier alpha value is -5.94. The smallest absolute Gasteiger partial charge is 0.408 e. The molecule has 3 N–H and O–H groups in total. The molecule has 1 saturated heterocycles. The van der Waals surface area contributed by atoms with Gasteiger partial charge in [0.15, 0.2) is 4.34 Å². The number of ether oxygens (including phenoxy) is 1. The predicted octanol–water partition coefficient (Wildman–Crippen LogP) is 5.75. The lowest BCUT2D eigenvalue weighted by Crippen LogP contribution is -2.47. The third-order valence-corrected chi connectivity index (χ3v) is 11.2. The predicted molar refractivity (Wildman–Crippen MR) is 196 cm³/mol. The Morgan fingerprint density at radius 1 is 1.09 bits per heavy atom. The maximum Gasteiger partial charge on any atom is 0.408 e. The topological polar surface area (TPSA) is 202 Å². The van der Waals surface area contributed by atoms with Gasteiger partial charge in [0.1, 0.15) is 12.6 Å². The number of aromatic nitrogens is 3. The maximum atomic E-state index is 13.1. The van der Waals surface area contributed by atoms with E-state index in [0.29, 0.717) is 31.7 Å². The zero-order valence-corrected chi connectivity index (χ0v) is 29.6.